The van der Waals surface area contributed by atoms with Gasteiger partial charge in [-0.15, -0.1) is 0 Å². The predicted molar refractivity (Wildman–Crippen MR) is 71.6 cm³/mol. The van der Waals surface area contributed by atoms with Crippen LogP contribution in [0.5, 0.6) is 0 Å². The third kappa shape index (κ3) is 2.44. The minimum atomic E-state index is 0.592. The summed E-state index contributed by atoms with van der Waals surface area (Å²) in [5, 5.41) is 4.71. The number of rotatable bonds is 2. The number of aromatic nitrogens is 3. The van der Waals surface area contributed by atoms with Gasteiger partial charge in [0, 0.05) is 25.4 Å². The number of aryl methyl sites for hydroxylation is 1. The third-order valence-electron chi connectivity index (χ3n) is 4.39. The highest BCUT2D eigenvalue weighted by molar-refractivity contribution is 5.02. The molecule has 2 aliphatic rings. The summed E-state index contributed by atoms with van der Waals surface area (Å²) in [6.45, 7) is 5.80. The standard InChI is InChI=1S/C14H24N4/c1-11-5-3-8-18-14(11)15-13(16-18)9-12-6-4-7-17(2)10-12/h11-12H,3-10H2,1-2H3. The predicted octanol–water partition coefficient (Wildman–Crippen LogP) is 2.06. The molecule has 1 fully saturated rings. The molecule has 0 aliphatic carbocycles. The van der Waals surface area contributed by atoms with Gasteiger partial charge in [-0.1, -0.05) is 6.92 Å². The van der Waals surface area contributed by atoms with Crippen LogP contribution in [0.1, 0.15) is 50.2 Å². The Hall–Kier alpha value is -0.900. The molecular weight excluding hydrogens is 224 g/mol. The van der Waals surface area contributed by atoms with Gasteiger partial charge in [-0.05, 0) is 45.2 Å². The molecule has 4 heteroatoms. The quantitative estimate of drug-likeness (QED) is 0.803. The fraction of sp³-hybridized carbons (Fsp3) is 0.857. The second kappa shape index (κ2) is 5.00. The lowest BCUT2D eigenvalue weighted by molar-refractivity contribution is 0.207. The van der Waals surface area contributed by atoms with E-state index in [2.05, 4.69) is 23.6 Å². The van der Waals surface area contributed by atoms with Crippen LogP contribution in [-0.2, 0) is 13.0 Å². The van der Waals surface area contributed by atoms with E-state index in [1.807, 2.05) is 0 Å². The number of hydrogen-bond acceptors (Lipinski definition) is 3. The topological polar surface area (TPSA) is 34.0 Å². The average molecular weight is 248 g/mol. The van der Waals surface area contributed by atoms with Crippen molar-refractivity contribution in [2.24, 2.45) is 5.92 Å². The SMILES string of the molecule is CC1CCCn2nc(CC3CCCN(C)C3)nc21. The maximum Gasteiger partial charge on any atom is 0.151 e. The van der Waals surface area contributed by atoms with Gasteiger partial charge in [-0.25, -0.2) is 9.67 Å². The van der Waals surface area contributed by atoms with Crippen LogP contribution in [0.15, 0.2) is 0 Å². The zero-order valence-electron chi connectivity index (χ0n) is 11.6. The van der Waals surface area contributed by atoms with E-state index in [4.69, 9.17) is 10.1 Å². The molecule has 3 heterocycles. The Morgan fingerprint density at radius 2 is 2.06 bits per heavy atom. The Morgan fingerprint density at radius 3 is 2.83 bits per heavy atom. The molecule has 1 aromatic rings. The minimum Gasteiger partial charge on any atom is -0.306 e. The van der Waals surface area contributed by atoms with Gasteiger partial charge in [-0.3, -0.25) is 0 Å². The first kappa shape index (κ1) is 12.2. The van der Waals surface area contributed by atoms with Crippen molar-refractivity contribution in [3.63, 3.8) is 0 Å². The van der Waals surface area contributed by atoms with Gasteiger partial charge in [0.1, 0.15) is 5.82 Å². The van der Waals surface area contributed by atoms with Crippen LogP contribution < -0.4 is 0 Å². The molecule has 0 spiro atoms. The second-order valence-electron chi connectivity index (χ2n) is 6.13. The molecule has 0 saturated carbocycles. The molecule has 1 saturated heterocycles. The van der Waals surface area contributed by atoms with E-state index in [-0.39, 0.29) is 0 Å². The summed E-state index contributed by atoms with van der Waals surface area (Å²) >= 11 is 0. The highest BCUT2D eigenvalue weighted by Crippen LogP contribution is 2.26. The Balaban J connectivity index is 1.69. The van der Waals surface area contributed by atoms with Crippen molar-refractivity contribution < 1.29 is 0 Å². The highest BCUT2D eigenvalue weighted by Gasteiger charge is 2.23. The van der Waals surface area contributed by atoms with Crippen molar-refractivity contribution in [2.45, 2.75) is 51.5 Å². The molecule has 0 N–H and O–H groups in total. The van der Waals surface area contributed by atoms with E-state index in [1.54, 1.807) is 0 Å². The molecule has 0 radical (unpaired) electrons. The van der Waals surface area contributed by atoms with Gasteiger partial charge >= 0.3 is 0 Å². The smallest absolute Gasteiger partial charge is 0.151 e. The number of hydrogen-bond donors (Lipinski definition) is 0. The lowest BCUT2D eigenvalue weighted by Crippen LogP contribution is -2.33. The maximum atomic E-state index is 4.78. The summed E-state index contributed by atoms with van der Waals surface area (Å²) in [7, 11) is 2.22. The molecule has 2 aliphatic heterocycles. The van der Waals surface area contributed by atoms with Gasteiger partial charge in [0.2, 0.25) is 0 Å². The van der Waals surface area contributed by atoms with Crippen molar-refractivity contribution in [1.82, 2.24) is 19.7 Å². The van der Waals surface area contributed by atoms with Crippen molar-refractivity contribution in [3.05, 3.63) is 11.6 Å². The first-order valence-corrected chi connectivity index (χ1v) is 7.34. The Bertz CT molecular complexity index is 412. The minimum absolute atomic E-state index is 0.592. The fourth-order valence-electron chi connectivity index (χ4n) is 3.39. The third-order valence-corrected chi connectivity index (χ3v) is 4.39. The van der Waals surface area contributed by atoms with Gasteiger partial charge in [-0.2, -0.15) is 5.10 Å². The first-order chi connectivity index (χ1) is 8.72. The molecule has 0 bridgehead atoms. The summed E-state index contributed by atoms with van der Waals surface area (Å²) in [5.41, 5.74) is 0. The normalized spacial score (nSPS) is 29.2. The highest BCUT2D eigenvalue weighted by atomic mass is 15.4. The molecule has 3 rings (SSSR count). The molecule has 1 aromatic heterocycles. The Morgan fingerprint density at radius 1 is 1.22 bits per heavy atom. The van der Waals surface area contributed by atoms with Gasteiger partial charge in [0.25, 0.3) is 0 Å². The summed E-state index contributed by atoms with van der Waals surface area (Å²) in [6.07, 6.45) is 6.25. The Kier molecular flexibility index (Phi) is 3.37. The van der Waals surface area contributed by atoms with Crippen LogP contribution in [0.4, 0.5) is 0 Å². The first-order valence-electron chi connectivity index (χ1n) is 7.34. The zero-order chi connectivity index (χ0) is 12.5. The van der Waals surface area contributed by atoms with E-state index >= 15 is 0 Å². The lowest BCUT2D eigenvalue weighted by atomic mass is 9.95. The van der Waals surface area contributed by atoms with Crippen molar-refractivity contribution in [2.75, 3.05) is 20.1 Å². The Labute approximate surface area is 109 Å². The zero-order valence-corrected chi connectivity index (χ0v) is 11.6. The van der Waals surface area contributed by atoms with Crippen LogP contribution in [0.3, 0.4) is 0 Å². The van der Waals surface area contributed by atoms with Crippen LogP contribution in [0.25, 0.3) is 0 Å². The van der Waals surface area contributed by atoms with Crippen LogP contribution >= 0.6 is 0 Å². The van der Waals surface area contributed by atoms with E-state index < -0.39 is 0 Å². The second-order valence-corrected chi connectivity index (χ2v) is 6.13. The van der Waals surface area contributed by atoms with Crippen LogP contribution in [0, 0.1) is 5.92 Å². The largest absolute Gasteiger partial charge is 0.306 e. The van der Waals surface area contributed by atoms with E-state index in [9.17, 15) is 0 Å². The van der Waals surface area contributed by atoms with Gasteiger partial charge < -0.3 is 4.90 Å². The average Bonchev–Trinajstić information content (AvgIpc) is 2.73. The van der Waals surface area contributed by atoms with E-state index in [0.29, 0.717) is 5.92 Å². The van der Waals surface area contributed by atoms with Gasteiger partial charge in [0.15, 0.2) is 5.82 Å². The fourth-order valence-corrected chi connectivity index (χ4v) is 3.39. The van der Waals surface area contributed by atoms with Gasteiger partial charge in [0.05, 0.1) is 0 Å². The number of likely N-dealkylation sites (tertiary alicyclic amines) is 1. The molecule has 2 atom stereocenters. The summed E-state index contributed by atoms with van der Waals surface area (Å²) in [6, 6.07) is 0. The number of piperidine rings is 1. The van der Waals surface area contributed by atoms with Crippen LogP contribution in [0.2, 0.25) is 0 Å². The molecule has 0 aromatic carbocycles. The number of fused-ring (bicyclic) bond motifs is 1. The maximum absolute atomic E-state index is 4.78. The van der Waals surface area contributed by atoms with Crippen LogP contribution in [-0.4, -0.2) is 39.8 Å². The van der Waals surface area contributed by atoms with E-state index in [1.165, 1.54) is 44.6 Å². The summed E-state index contributed by atoms with van der Waals surface area (Å²) < 4.78 is 2.15. The molecule has 4 nitrogen and oxygen atoms in total. The molecular formula is C14H24N4. The summed E-state index contributed by atoms with van der Waals surface area (Å²) in [5.74, 6) is 3.65. The molecule has 100 valence electrons. The lowest BCUT2D eigenvalue weighted by Gasteiger charge is -2.28. The van der Waals surface area contributed by atoms with Crippen molar-refractivity contribution in [1.29, 1.82) is 0 Å². The summed E-state index contributed by atoms with van der Waals surface area (Å²) in [4.78, 5) is 7.22. The molecule has 18 heavy (non-hydrogen) atoms. The van der Waals surface area contributed by atoms with Crippen molar-refractivity contribution >= 4 is 0 Å². The van der Waals surface area contributed by atoms with E-state index in [0.717, 1.165) is 24.7 Å². The molecule has 2 unspecified atom stereocenters. The van der Waals surface area contributed by atoms with Crippen molar-refractivity contribution in [3.8, 4) is 0 Å². The molecule has 0 amide bonds. The number of nitrogens with zero attached hydrogens (tertiary/aromatic N) is 4. The monoisotopic (exact) mass is 248 g/mol.